The van der Waals surface area contributed by atoms with E-state index in [-0.39, 0.29) is 6.03 Å². The number of hydrogen-bond donors (Lipinski definition) is 2. The maximum Gasteiger partial charge on any atom is 0.319 e. The lowest BCUT2D eigenvalue weighted by Gasteiger charge is -2.06. The van der Waals surface area contributed by atoms with E-state index in [1.165, 1.54) is 17.7 Å². The summed E-state index contributed by atoms with van der Waals surface area (Å²) >= 11 is 1.49. The SMILES string of the molecule is O=C(NCCCc1cnc2ncnn2c1)Nc1cccs1. The van der Waals surface area contributed by atoms with Gasteiger partial charge in [0.1, 0.15) is 6.33 Å². The van der Waals surface area contributed by atoms with Crippen LogP contribution in [0.1, 0.15) is 12.0 Å². The minimum atomic E-state index is -0.178. The Kier molecular flexibility index (Phi) is 4.06. The molecule has 2 amide bonds. The van der Waals surface area contributed by atoms with Crippen molar-refractivity contribution in [1.29, 1.82) is 0 Å². The molecule has 108 valence electrons. The molecule has 7 nitrogen and oxygen atoms in total. The molecule has 0 saturated carbocycles. The van der Waals surface area contributed by atoms with Gasteiger partial charge in [0.2, 0.25) is 0 Å². The number of thiophene rings is 1. The number of rotatable bonds is 5. The van der Waals surface area contributed by atoms with E-state index >= 15 is 0 Å². The van der Waals surface area contributed by atoms with Crippen LogP contribution >= 0.6 is 11.3 Å². The molecule has 0 radical (unpaired) electrons. The van der Waals surface area contributed by atoms with Gasteiger partial charge in [-0.05, 0) is 35.9 Å². The van der Waals surface area contributed by atoms with Gasteiger partial charge in [0.25, 0.3) is 5.78 Å². The number of urea groups is 1. The molecule has 0 saturated heterocycles. The highest BCUT2D eigenvalue weighted by molar-refractivity contribution is 7.14. The first-order chi connectivity index (χ1) is 10.3. The monoisotopic (exact) mass is 302 g/mol. The van der Waals surface area contributed by atoms with Gasteiger partial charge in [-0.1, -0.05) is 0 Å². The van der Waals surface area contributed by atoms with Crippen molar-refractivity contribution in [3.05, 3.63) is 41.8 Å². The summed E-state index contributed by atoms with van der Waals surface area (Å²) < 4.78 is 1.65. The molecule has 21 heavy (non-hydrogen) atoms. The summed E-state index contributed by atoms with van der Waals surface area (Å²) in [4.78, 5) is 19.8. The van der Waals surface area contributed by atoms with Crippen LogP contribution in [0.2, 0.25) is 0 Å². The molecule has 3 rings (SSSR count). The summed E-state index contributed by atoms with van der Waals surface area (Å²) in [5, 5.41) is 12.4. The van der Waals surface area contributed by atoms with Crippen LogP contribution in [0.5, 0.6) is 0 Å². The highest BCUT2D eigenvalue weighted by atomic mass is 32.1. The van der Waals surface area contributed by atoms with E-state index in [9.17, 15) is 4.79 Å². The second-order valence-corrected chi connectivity index (χ2v) is 5.38. The summed E-state index contributed by atoms with van der Waals surface area (Å²) in [6.45, 7) is 0.604. The number of hydrogen-bond acceptors (Lipinski definition) is 5. The molecule has 0 bridgehead atoms. The minimum Gasteiger partial charge on any atom is -0.338 e. The zero-order chi connectivity index (χ0) is 14.5. The summed E-state index contributed by atoms with van der Waals surface area (Å²) in [6.07, 6.45) is 6.82. The minimum absolute atomic E-state index is 0.178. The third-order valence-electron chi connectivity index (χ3n) is 2.87. The molecule has 0 aliphatic carbocycles. The van der Waals surface area contributed by atoms with E-state index in [1.807, 2.05) is 23.7 Å². The van der Waals surface area contributed by atoms with E-state index in [4.69, 9.17) is 0 Å². The number of aryl methyl sites for hydroxylation is 1. The van der Waals surface area contributed by atoms with Gasteiger partial charge in [0.15, 0.2) is 0 Å². The van der Waals surface area contributed by atoms with Crippen LogP contribution in [-0.2, 0) is 6.42 Å². The Labute approximate surface area is 125 Å². The molecule has 3 heterocycles. The highest BCUT2D eigenvalue weighted by Gasteiger charge is 2.02. The zero-order valence-corrected chi connectivity index (χ0v) is 12.0. The Bertz CT molecular complexity index is 723. The summed E-state index contributed by atoms with van der Waals surface area (Å²) in [6, 6.07) is 3.58. The average molecular weight is 302 g/mol. The Morgan fingerprint density at radius 3 is 3.19 bits per heavy atom. The molecule has 2 N–H and O–H groups in total. The number of nitrogens with one attached hydrogen (secondary N) is 2. The van der Waals surface area contributed by atoms with Crippen molar-refractivity contribution >= 4 is 28.1 Å². The molecule has 0 atom stereocenters. The number of anilines is 1. The van der Waals surface area contributed by atoms with Gasteiger partial charge in [0.05, 0.1) is 5.00 Å². The lowest BCUT2D eigenvalue weighted by atomic mass is 10.2. The van der Waals surface area contributed by atoms with Crippen molar-refractivity contribution in [3.8, 4) is 0 Å². The second-order valence-electron chi connectivity index (χ2n) is 4.43. The molecule has 0 aliphatic rings. The van der Waals surface area contributed by atoms with E-state index < -0.39 is 0 Å². The van der Waals surface area contributed by atoms with Crippen LogP contribution in [0.15, 0.2) is 36.2 Å². The fourth-order valence-electron chi connectivity index (χ4n) is 1.89. The van der Waals surface area contributed by atoms with Crippen LogP contribution in [0, 0.1) is 0 Å². The molecule has 3 aromatic rings. The third-order valence-corrected chi connectivity index (χ3v) is 3.66. The normalized spacial score (nSPS) is 10.7. The Hall–Kier alpha value is -2.48. The lowest BCUT2D eigenvalue weighted by Crippen LogP contribution is -2.29. The first-order valence-electron chi connectivity index (χ1n) is 6.54. The van der Waals surface area contributed by atoms with Gasteiger partial charge < -0.3 is 5.32 Å². The largest absolute Gasteiger partial charge is 0.338 e. The molecule has 0 aromatic carbocycles. The van der Waals surface area contributed by atoms with Crippen molar-refractivity contribution in [2.45, 2.75) is 12.8 Å². The van der Waals surface area contributed by atoms with Crippen LogP contribution in [-0.4, -0.2) is 32.2 Å². The number of amides is 2. The Morgan fingerprint density at radius 2 is 2.33 bits per heavy atom. The molecule has 8 heteroatoms. The maximum atomic E-state index is 11.6. The predicted octanol–water partition coefficient (Wildman–Crippen LogP) is 1.94. The first-order valence-corrected chi connectivity index (χ1v) is 7.42. The number of aromatic nitrogens is 4. The van der Waals surface area contributed by atoms with Crippen molar-refractivity contribution < 1.29 is 4.79 Å². The van der Waals surface area contributed by atoms with Crippen LogP contribution in [0.4, 0.5) is 9.80 Å². The van der Waals surface area contributed by atoms with Crippen molar-refractivity contribution in [2.24, 2.45) is 0 Å². The maximum absolute atomic E-state index is 11.6. The summed E-state index contributed by atoms with van der Waals surface area (Å²) in [7, 11) is 0. The van der Waals surface area contributed by atoms with Crippen molar-refractivity contribution in [1.82, 2.24) is 24.9 Å². The van der Waals surface area contributed by atoms with E-state index in [1.54, 1.807) is 10.7 Å². The molecular formula is C13H14N6OS. The molecule has 0 spiro atoms. The molecule has 0 aliphatic heterocycles. The van der Waals surface area contributed by atoms with Crippen molar-refractivity contribution in [3.63, 3.8) is 0 Å². The number of fused-ring (bicyclic) bond motifs is 1. The lowest BCUT2D eigenvalue weighted by molar-refractivity contribution is 0.252. The third kappa shape index (κ3) is 3.54. The highest BCUT2D eigenvalue weighted by Crippen LogP contribution is 2.14. The van der Waals surface area contributed by atoms with Crippen LogP contribution < -0.4 is 10.6 Å². The topological polar surface area (TPSA) is 84.2 Å². The quantitative estimate of drug-likeness (QED) is 0.705. The standard InChI is InChI=1S/C13H14N6OS/c20-13(18-11-4-2-6-21-11)14-5-1-3-10-7-15-12-16-9-17-19(12)8-10/h2,4,6-9H,1,3,5H2,(H2,14,18,20). The summed E-state index contributed by atoms with van der Waals surface area (Å²) in [5.74, 6) is 0.590. The van der Waals surface area contributed by atoms with Gasteiger partial charge >= 0.3 is 6.03 Å². The van der Waals surface area contributed by atoms with Crippen LogP contribution in [0.3, 0.4) is 0 Å². The van der Waals surface area contributed by atoms with Crippen molar-refractivity contribution in [2.75, 3.05) is 11.9 Å². The second kappa shape index (κ2) is 6.31. The molecule has 0 unspecified atom stereocenters. The van der Waals surface area contributed by atoms with E-state index in [2.05, 4.69) is 25.7 Å². The zero-order valence-electron chi connectivity index (χ0n) is 11.2. The molecule has 3 aromatic heterocycles. The smallest absolute Gasteiger partial charge is 0.319 e. The van der Waals surface area contributed by atoms with Gasteiger partial charge in [-0.3, -0.25) is 5.32 Å². The average Bonchev–Trinajstić information content (AvgIpc) is 3.14. The fraction of sp³-hybridized carbons (Fsp3) is 0.231. The van der Waals surface area contributed by atoms with Gasteiger partial charge in [-0.25, -0.2) is 14.3 Å². The number of nitrogens with zero attached hydrogens (tertiary/aromatic N) is 4. The first kappa shape index (κ1) is 13.5. The van der Waals surface area contributed by atoms with Gasteiger partial charge in [-0.2, -0.15) is 10.1 Å². The van der Waals surface area contributed by atoms with Crippen LogP contribution in [0.25, 0.3) is 5.78 Å². The van der Waals surface area contributed by atoms with Gasteiger partial charge in [0, 0.05) is 18.9 Å². The summed E-state index contributed by atoms with van der Waals surface area (Å²) in [5.41, 5.74) is 1.06. The number of carbonyl (C=O) groups is 1. The van der Waals surface area contributed by atoms with Gasteiger partial charge in [-0.15, -0.1) is 11.3 Å². The fourth-order valence-corrected chi connectivity index (χ4v) is 2.50. The molecular weight excluding hydrogens is 288 g/mol. The van der Waals surface area contributed by atoms with E-state index in [0.717, 1.165) is 23.4 Å². The predicted molar refractivity (Wildman–Crippen MR) is 80.4 cm³/mol. The number of carbonyl (C=O) groups excluding carboxylic acids is 1. The molecule has 0 fully saturated rings. The Balaban J connectivity index is 1.42. The Morgan fingerprint density at radius 1 is 1.38 bits per heavy atom. The van der Waals surface area contributed by atoms with E-state index in [0.29, 0.717) is 12.3 Å².